The van der Waals surface area contributed by atoms with Crippen LogP contribution < -0.4 is 0 Å². The number of ketones is 1. The monoisotopic (exact) mass is 254 g/mol. The first-order valence-corrected chi connectivity index (χ1v) is 5.95. The average Bonchev–Trinajstić information content (AvgIpc) is 2.35. The number of Topliss-reactive ketones (excluding diaryl/α,β-unsaturated/α-hetero) is 1. The van der Waals surface area contributed by atoms with Crippen LogP contribution in [-0.2, 0) is 0 Å². The summed E-state index contributed by atoms with van der Waals surface area (Å²) < 4.78 is 26.4. The summed E-state index contributed by atoms with van der Waals surface area (Å²) in [5.74, 6) is -1.61. The van der Waals surface area contributed by atoms with Crippen LogP contribution in [0.2, 0.25) is 0 Å². The van der Waals surface area contributed by atoms with E-state index in [0.717, 1.165) is 44.4 Å². The standard InChI is InChI=1S/C13H16F2N2O/c1-16-4-6-17(7-5-16)9-13(18)11-8-10(14)2-3-12(11)15/h2-3,8H,4-7,9H2,1H3. The predicted molar refractivity (Wildman–Crippen MR) is 64.6 cm³/mol. The molecule has 0 amide bonds. The van der Waals surface area contributed by atoms with Gasteiger partial charge in [-0.25, -0.2) is 8.78 Å². The van der Waals surface area contributed by atoms with Crippen LogP contribution >= 0.6 is 0 Å². The van der Waals surface area contributed by atoms with Crippen molar-refractivity contribution in [3.8, 4) is 0 Å². The normalized spacial score (nSPS) is 17.9. The topological polar surface area (TPSA) is 23.6 Å². The molecule has 1 aliphatic heterocycles. The van der Waals surface area contributed by atoms with Crippen LogP contribution in [0.5, 0.6) is 0 Å². The highest BCUT2D eigenvalue weighted by atomic mass is 19.1. The van der Waals surface area contributed by atoms with E-state index in [1.165, 1.54) is 0 Å². The van der Waals surface area contributed by atoms with Crippen molar-refractivity contribution < 1.29 is 13.6 Å². The highest BCUT2D eigenvalue weighted by molar-refractivity contribution is 5.97. The zero-order chi connectivity index (χ0) is 13.1. The minimum Gasteiger partial charge on any atom is -0.304 e. The minimum absolute atomic E-state index is 0.147. The van der Waals surface area contributed by atoms with Gasteiger partial charge in [-0.05, 0) is 25.2 Å². The van der Waals surface area contributed by atoms with Gasteiger partial charge in [0, 0.05) is 26.2 Å². The number of piperazine rings is 1. The lowest BCUT2D eigenvalue weighted by atomic mass is 10.1. The Bertz CT molecular complexity index is 443. The molecule has 0 aromatic heterocycles. The SMILES string of the molecule is CN1CCN(CC(=O)c2cc(F)ccc2F)CC1. The molecule has 18 heavy (non-hydrogen) atoms. The van der Waals surface area contributed by atoms with E-state index in [1.54, 1.807) is 0 Å². The summed E-state index contributed by atoms with van der Waals surface area (Å²) in [5.41, 5.74) is -0.158. The Morgan fingerprint density at radius 2 is 1.89 bits per heavy atom. The predicted octanol–water partition coefficient (Wildman–Crippen LogP) is 1.39. The van der Waals surface area contributed by atoms with Gasteiger partial charge in [0.05, 0.1) is 12.1 Å². The number of nitrogens with zero attached hydrogens (tertiary/aromatic N) is 2. The van der Waals surface area contributed by atoms with Crippen molar-refractivity contribution in [2.45, 2.75) is 0 Å². The highest BCUT2D eigenvalue weighted by Gasteiger charge is 2.19. The molecule has 2 rings (SSSR count). The van der Waals surface area contributed by atoms with Gasteiger partial charge >= 0.3 is 0 Å². The van der Waals surface area contributed by atoms with Crippen molar-refractivity contribution in [1.82, 2.24) is 9.80 Å². The Morgan fingerprint density at radius 1 is 1.22 bits per heavy atom. The molecule has 1 aliphatic rings. The van der Waals surface area contributed by atoms with Crippen LogP contribution in [0.25, 0.3) is 0 Å². The fourth-order valence-corrected chi connectivity index (χ4v) is 2.01. The zero-order valence-corrected chi connectivity index (χ0v) is 10.3. The molecule has 98 valence electrons. The van der Waals surface area contributed by atoms with Crippen molar-refractivity contribution in [1.29, 1.82) is 0 Å². The highest BCUT2D eigenvalue weighted by Crippen LogP contribution is 2.11. The molecule has 5 heteroatoms. The first-order valence-electron chi connectivity index (χ1n) is 5.95. The molecule has 0 unspecified atom stereocenters. The molecule has 3 nitrogen and oxygen atoms in total. The number of halogens is 2. The molecule has 1 fully saturated rings. The van der Waals surface area contributed by atoms with E-state index in [0.29, 0.717) is 0 Å². The van der Waals surface area contributed by atoms with Gasteiger partial charge in [0.25, 0.3) is 0 Å². The molecule has 1 heterocycles. The molecule has 1 aromatic rings. The third-order valence-electron chi connectivity index (χ3n) is 3.19. The van der Waals surface area contributed by atoms with E-state index >= 15 is 0 Å². The van der Waals surface area contributed by atoms with E-state index in [4.69, 9.17) is 0 Å². The summed E-state index contributed by atoms with van der Waals surface area (Å²) in [7, 11) is 2.02. The van der Waals surface area contributed by atoms with Gasteiger partial charge in [-0.1, -0.05) is 0 Å². The van der Waals surface area contributed by atoms with Gasteiger partial charge in [-0.3, -0.25) is 9.69 Å². The summed E-state index contributed by atoms with van der Waals surface area (Å²) in [6.07, 6.45) is 0. The number of carbonyl (C=O) groups excluding carboxylic acids is 1. The first kappa shape index (κ1) is 13.1. The third kappa shape index (κ3) is 3.11. The third-order valence-corrected chi connectivity index (χ3v) is 3.19. The van der Waals surface area contributed by atoms with Gasteiger partial charge in [0.15, 0.2) is 5.78 Å². The summed E-state index contributed by atoms with van der Waals surface area (Å²) in [5, 5.41) is 0. The van der Waals surface area contributed by atoms with Gasteiger partial charge < -0.3 is 4.90 Å². The van der Waals surface area contributed by atoms with Gasteiger partial charge in [-0.2, -0.15) is 0 Å². The van der Waals surface area contributed by atoms with Gasteiger partial charge in [-0.15, -0.1) is 0 Å². The fraction of sp³-hybridized carbons (Fsp3) is 0.462. The maximum Gasteiger partial charge on any atom is 0.179 e. The molecule has 1 aromatic carbocycles. The van der Waals surface area contributed by atoms with E-state index < -0.39 is 11.6 Å². The Kier molecular flexibility index (Phi) is 4.04. The molecule has 0 bridgehead atoms. The largest absolute Gasteiger partial charge is 0.304 e. The molecule has 0 atom stereocenters. The molecule has 0 saturated carbocycles. The smallest absolute Gasteiger partial charge is 0.179 e. The summed E-state index contributed by atoms with van der Waals surface area (Å²) in [6.45, 7) is 3.48. The second-order valence-corrected chi connectivity index (χ2v) is 4.63. The maximum absolute atomic E-state index is 13.4. The second-order valence-electron chi connectivity index (χ2n) is 4.63. The van der Waals surface area contributed by atoms with E-state index in [1.807, 2.05) is 11.9 Å². The number of rotatable bonds is 3. The van der Waals surface area contributed by atoms with Crippen molar-refractivity contribution in [3.63, 3.8) is 0 Å². The van der Waals surface area contributed by atoms with Crippen LogP contribution in [0.3, 0.4) is 0 Å². The Morgan fingerprint density at radius 3 is 2.56 bits per heavy atom. The number of carbonyl (C=O) groups is 1. The summed E-state index contributed by atoms with van der Waals surface area (Å²) in [6, 6.07) is 2.97. The maximum atomic E-state index is 13.4. The second kappa shape index (κ2) is 5.54. The molecule has 0 radical (unpaired) electrons. The first-order chi connectivity index (χ1) is 8.56. The van der Waals surface area contributed by atoms with E-state index in [2.05, 4.69) is 4.90 Å². The van der Waals surface area contributed by atoms with Crippen molar-refractivity contribution in [2.75, 3.05) is 39.8 Å². The van der Waals surface area contributed by atoms with Crippen molar-refractivity contribution >= 4 is 5.78 Å². The van der Waals surface area contributed by atoms with Crippen LogP contribution in [0.1, 0.15) is 10.4 Å². The van der Waals surface area contributed by atoms with Gasteiger partial charge in [0.2, 0.25) is 0 Å². The Balaban J connectivity index is 2.01. The van der Waals surface area contributed by atoms with Crippen LogP contribution in [0.15, 0.2) is 18.2 Å². The Labute approximate surface area is 105 Å². The lowest BCUT2D eigenvalue weighted by molar-refractivity contribution is 0.0872. The van der Waals surface area contributed by atoms with Gasteiger partial charge in [0.1, 0.15) is 11.6 Å². The van der Waals surface area contributed by atoms with Crippen LogP contribution in [0, 0.1) is 11.6 Å². The average molecular weight is 254 g/mol. The molecule has 0 spiro atoms. The lowest BCUT2D eigenvalue weighted by Gasteiger charge is -2.31. The van der Waals surface area contributed by atoms with Crippen LogP contribution in [0.4, 0.5) is 8.78 Å². The number of hydrogen-bond donors (Lipinski definition) is 0. The molecule has 0 N–H and O–H groups in total. The quantitative estimate of drug-likeness (QED) is 0.762. The van der Waals surface area contributed by atoms with E-state index in [9.17, 15) is 13.6 Å². The summed E-state index contributed by atoms with van der Waals surface area (Å²) in [4.78, 5) is 16.0. The number of hydrogen-bond acceptors (Lipinski definition) is 3. The zero-order valence-electron chi connectivity index (χ0n) is 10.3. The molecular weight excluding hydrogens is 238 g/mol. The van der Waals surface area contributed by atoms with Crippen molar-refractivity contribution in [3.05, 3.63) is 35.4 Å². The number of likely N-dealkylation sites (N-methyl/N-ethyl adjacent to an activating group) is 1. The number of benzene rings is 1. The van der Waals surface area contributed by atoms with Crippen LogP contribution in [-0.4, -0.2) is 55.4 Å². The minimum atomic E-state index is -0.657. The van der Waals surface area contributed by atoms with Crippen molar-refractivity contribution in [2.24, 2.45) is 0 Å². The van der Waals surface area contributed by atoms with E-state index in [-0.39, 0.29) is 17.9 Å². The fourth-order valence-electron chi connectivity index (χ4n) is 2.01. The molecule has 0 aliphatic carbocycles. The summed E-state index contributed by atoms with van der Waals surface area (Å²) >= 11 is 0. The molecular formula is C13H16F2N2O. The Hall–Kier alpha value is -1.33. The lowest BCUT2D eigenvalue weighted by Crippen LogP contribution is -2.46. The molecule has 1 saturated heterocycles.